The van der Waals surface area contributed by atoms with E-state index in [1.54, 1.807) is 0 Å². The molecule has 1 aromatic carbocycles. The molecule has 2 aliphatic heterocycles. The maximum absolute atomic E-state index is 6.08. The molecular weight excluding hydrogens is 388 g/mol. The molecule has 6 nitrogen and oxygen atoms in total. The van der Waals surface area contributed by atoms with Gasteiger partial charge in [-0.3, -0.25) is 4.99 Å². The minimum absolute atomic E-state index is 0.332. The zero-order valence-electron chi connectivity index (χ0n) is 19.2. The van der Waals surface area contributed by atoms with Crippen molar-refractivity contribution in [2.24, 2.45) is 4.99 Å². The summed E-state index contributed by atoms with van der Waals surface area (Å²) in [6, 6.07) is 10.0. The Hall–Kier alpha value is -1.63. The lowest BCUT2D eigenvalue weighted by Gasteiger charge is -2.36. The van der Waals surface area contributed by atoms with Crippen molar-refractivity contribution in [3.8, 4) is 0 Å². The van der Waals surface area contributed by atoms with Crippen LogP contribution in [0.1, 0.15) is 62.5 Å². The number of rotatable bonds is 7. The summed E-state index contributed by atoms with van der Waals surface area (Å²) in [6.07, 6.45) is 10.4. The normalized spacial score (nSPS) is 22.7. The third kappa shape index (κ3) is 6.93. The molecule has 1 aliphatic carbocycles. The Kier molecular flexibility index (Phi) is 8.62. The van der Waals surface area contributed by atoms with Gasteiger partial charge in [0.15, 0.2) is 5.96 Å². The predicted octanol–water partition coefficient (Wildman–Crippen LogP) is 3.45. The average Bonchev–Trinajstić information content (AvgIpc) is 3.37. The Bertz CT molecular complexity index is 691. The number of nitrogens with zero attached hydrogens (tertiary/aromatic N) is 2. The van der Waals surface area contributed by atoms with Gasteiger partial charge in [0.25, 0.3) is 0 Å². The lowest BCUT2D eigenvalue weighted by molar-refractivity contribution is -0.0390. The highest BCUT2D eigenvalue weighted by molar-refractivity contribution is 5.79. The van der Waals surface area contributed by atoms with Gasteiger partial charge in [-0.05, 0) is 49.7 Å². The molecule has 1 saturated carbocycles. The highest BCUT2D eigenvalue weighted by Crippen LogP contribution is 2.26. The standard InChI is InChI=1S/C25H40N4O2/c1-26-25(28-22-9-13-29(14-10-22)23-7-2-3-8-23)27-18-20-5-4-6-21(17-20)19-31-24-11-15-30-16-12-24/h4-6,17,22-24H,2-3,7-16,18-19H2,1H3,(H2,26,27,28). The molecule has 3 aliphatic rings. The molecule has 0 aromatic heterocycles. The number of likely N-dealkylation sites (tertiary alicyclic amines) is 1. The maximum atomic E-state index is 6.08. The molecule has 2 heterocycles. The first-order chi connectivity index (χ1) is 15.3. The van der Waals surface area contributed by atoms with E-state index in [0.717, 1.165) is 44.6 Å². The van der Waals surface area contributed by atoms with E-state index >= 15 is 0 Å². The SMILES string of the molecule is CN=C(NCc1cccc(COC2CCOCC2)c1)NC1CCN(C2CCCC2)CC1. The zero-order chi connectivity index (χ0) is 21.3. The first-order valence-corrected chi connectivity index (χ1v) is 12.3. The summed E-state index contributed by atoms with van der Waals surface area (Å²) in [7, 11) is 1.86. The maximum Gasteiger partial charge on any atom is 0.191 e. The molecule has 0 spiro atoms. The second kappa shape index (κ2) is 11.8. The number of aliphatic imine (C=N–C) groups is 1. The van der Waals surface area contributed by atoms with Gasteiger partial charge in [0, 0.05) is 52.0 Å². The molecule has 2 N–H and O–H groups in total. The van der Waals surface area contributed by atoms with Crippen LogP contribution in [0.5, 0.6) is 0 Å². The predicted molar refractivity (Wildman–Crippen MR) is 125 cm³/mol. The minimum Gasteiger partial charge on any atom is -0.381 e. The Morgan fingerprint density at radius 1 is 1.06 bits per heavy atom. The number of hydrogen-bond acceptors (Lipinski definition) is 4. The molecule has 0 bridgehead atoms. The molecule has 31 heavy (non-hydrogen) atoms. The highest BCUT2D eigenvalue weighted by atomic mass is 16.5. The number of piperidine rings is 1. The summed E-state index contributed by atoms with van der Waals surface area (Å²) in [5.41, 5.74) is 2.49. The molecule has 6 heteroatoms. The number of benzene rings is 1. The quantitative estimate of drug-likeness (QED) is 0.515. The van der Waals surface area contributed by atoms with Crippen LogP contribution in [0.2, 0.25) is 0 Å². The van der Waals surface area contributed by atoms with Crippen LogP contribution in [-0.2, 0) is 22.6 Å². The van der Waals surface area contributed by atoms with Crippen LogP contribution in [-0.4, -0.2) is 62.4 Å². The third-order valence-electron chi connectivity index (χ3n) is 7.04. The lowest BCUT2D eigenvalue weighted by atomic mass is 10.0. The molecule has 172 valence electrons. The van der Waals surface area contributed by atoms with E-state index in [1.807, 2.05) is 7.05 Å². The van der Waals surface area contributed by atoms with Gasteiger partial charge >= 0.3 is 0 Å². The fourth-order valence-electron chi connectivity index (χ4n) is 5.14. The Morgan fingerprint density at radius 2 is 1.81 bits per heavy atom. The number of hydrogen-bond donors (Lipinski definition) is 2. The van der Waals surface area contributed by atoms with Crippen molar-refractivity contribution in [3.63, 3.8) is 0 Å². The molecule has 2 saturated heterocycles. The summed E-state index contributed by atoms with van der Waals surface area (Å²) >= 11 is 0. The van der Waals surface area contributed by atoms with E-state index in [1.165, 1.54) is 62.7 Å². The van der Waals surface area contributed by atoms with Crippen LogP contribution >= 0.6 is 0 Å². The second-order valence-electron chi connectivity index (χ2n) is 9.26. The summed E-state index contributed by atoms with van der Waals surface area (Å²) in [5.74, 6) is 0.906. The van der Waals surface area contributed by atoms with Crippen molar-refractivity contribution in [2.45, 2.75) is 82.7 Å². The van der Waals surface area contributed by atoms with Crippen LogP contribution in [0.4, 0.5) is 0 Å². The van der Waals surface area contributed by atoms with E-state index in [2.05, 4.69) is 44.8 Å². The van der Waals surface area contributed by atoms with Crippen LogP contribution in [0.25, 0.3) is 0 Å². The molecule has 4 rings (SSSR count). The van der Waals surface area contributed by atoms with E-state index in [4.69, 9.17) is 9.47 Å². The molecule has 1 aromatic rings. The number of guanidine groups is 1. The lowest BCUT2D eigenvalue weighted by Crippen LogP contribution is -2.50. The van der Waals surface area contributed by atoms with Crippen molar-refractivity contribution < 1.29 is 9.47 Å². The minimum atomic E-state index is 0.332. The van der Waals surface area contributed by atoms with Crippen LogP contribution in [0.15, 0.2) is 29.3 Å². The molecule has 3 fully saturated rings. The average molecular weight is 429 g/mol. The molecular formula is C25H40N4O2. The Morgan fingerprint density at radius 3 is 2.55 bits per heavy atom. The second-order valence-corrected chi connectivity index (χ2v) is 9.26. The van der Waals surface area contributed by atoms with Crippen molar-refractivity contribution in [2.75, 3.05) is 33.4 Å². The van der Waals surface area contributed by atoms with E-state index in [0.29, 0.717) is 18.8 Å². The van der Waals surface area contributed by atoms with Crippen LogP contribution in [0.3, 0.4) is 0 Å². The van der Waals surface area contributed by atoms with Gasteiger partial charge in [-0.1, -0.05) is 37.1 Å². The summed E-state index contributed by atoms with van der Waals surface area (Å²) in [5, 5.41) is 7.15. The monoisotopic (exact) mass is 428 g/mol. The summed E-state index contributed by atoms with van der Waals surface area (Å²) < 4.78 is 11.5. The van der Waals surface area contributed by atoms with Crippen LogP contribution < -0.4 is 10.6 Å². The van der Waals surface area contributed by atoms with E-state index in [-0.39, 0.29) is 0 Å². The van der Waals surface area contributed by atoms with Crippen molar-refractivity contribution in [1.82, 2.24) is 15.5 Å². The summed E-state index contributed by atoms with van der Waals surface area (Å²) in [6.45, 7) is 5.51. The molecule has 0 radical (unpaired) electrons. The Balaban J connectivity index is 1.19. The molecule has 0 atom stereocenters. The first kappa shape index (κ1) is 22.6. The summed E-state index contributed by atoms with van der Waals surface area (Å²) in [4.78, 5) is 7.18. The highest BCUT2D eigenvalue weighted by Gasteiger charge is 2.27. The van der Waals surface area contributed by atoms with Crippen molar-refractivity contribution >= 4 is 5.96 Å². The smallest absolute Gasteiger partial charge is 0.191 e. The van der Waals surface area contributed by atoms with Gasteiger partial charge in [-0.25, -0.2) is 0 Å². The van der Waals surface area contributed by atoms with Gasteiger partial charge in [0.2, 0.25) is 0 Å². The van der Waals surface area contributed by atoms with Gasteiger partial charge in [0.05, 0.1) is 12.7 Å². The topological polar surface area (TPSA) is 58.1 Å². The van der Waals surface area contributed by atoms with Gasteiger partial charge < -0.3 is 25.0 Å². The molecule has 0 amide bonds. The van der Waals surface area contributed by atoms with Crippen molar-refractivity contribution in [1.29, 1.82) is 0 Å². The fourth-order valence-corrected chi connectivity index (χ4v) is 5.14. The Labute approximate surface area is 187 Å². The largest absolute Gasteiger partial charge is 0.381 e. The van der Waals surface area contributed by atoms with Crippen LogP contribution in [0, 0.1) is 0 Å². The van der Waals surface area contributed by atoms with Gasteiger partial charge in [-0.2, -0.15) is 0 Å². The van der Waals surface area contributed by atoms with Gasteiger partial charge in [-0.15, -0.1) is 0 Å². The third-order valence-corrected chi connectivity index (χ3v) is 7.04. The first-order valence-electron chi connectivity index (χ1n) is 12.3. The zero-order valence-corrected chi connectivity index (χ0v) is 19.2. The fraction of sp³-hybridized carbons (Fsp3) is 0.720. The van der Waals surface area contributed by atoms with Gasteiger partial charge in [0.1, 0.15) is 0 Å². The number of ether oxygens (including phenoxy) is 2. The van der Waals surface area contributed by atoms with E-state index in [9.17, 15) is 0 Å². The molecule has 0 unspecified atom stereocenters. The van der Waals surface area contributed by atoms with E-state index < -0.39 is 0 Å². The van der Waals surface area contributed by atoms with Crippen molar-refractivity contribution in [3.05, 3.63) is 35.4 Å². The number of nitrogens with one attached hydrogen (secondary N) is 2.